The molecule has 0 bridgehead atoms. The Morgan fingerprint density at radius 2 is 1.21 bits per heavy atom. The van der Waals surface area contributed by atoms with Crippen LogP contribution in [0.2, 0.25) is 0 Å². The molecule has 0 aliphatic heterocycles. The number of nitrogens with one attached hydrogen (secondary N) is 2. The molecule has 174 valence electrons. The predicted octanol–water partition coefficient (Wildman–Crippen LogP) is 7.02. The minimum absolute atomic E-state index is 0.00894. The van der Waals surface area contributed by atoms with Gasteiger partial charge in [0.15, 0.2) is 11.6 Å². The van der Waals surface area contributed by atoms with E-state index in [2.05, 4.69) is 36.6 Å². The lowest BCUT2D eigenvalue weighted by Gasteiger charge is -2.31. The lowest BCUT2D eigenvalue weighted by molar-refractivity contribution is 0.0980. The molecule has 34 heavy (non-hydrogen) atoms. The van der Waals surface area contributed by atoms with Crippen LogP contribution in [0.5, 0.6) is 0 Å². The second-order valence-corrected chi connectivity index (χ2v) is 9.72. The van der Waals surface area contributed by atoms with Crippen LogP contribution in [0.1, 0.15) is 89.4 Å². The minimum Gasteiger partial charge on any atom is -0.382 e. The molecular weight excluding hydrogens is 420 g/mol. The van der Waals surface area contributed by atoms with Crippen molar-refractivity contribution in [3.63, 3.8) is 0 Å². The number of hydrogen-bond donors (Lipinski definition) is 2. The van der Waals surface area contributed by atoms with Gasteiger partial charge in [-0.15, -0.1) is 0 Å². The molecule has 4 nitrogen and oxygen atoms in total. The number of carbonyl (C=O) groups is 2. The third kappa shape index (κ3) is 4.13. The van der Waals surface area contributed by atoms with Crippen molar-refractivity contribution < 1.29 is 9.59 Å². The number of benzene rings is 3. The summed E-state index contributed by atoms with van der Waals surface area (Å²) in [5.74, 6) is 0.406. The zero-order chi connectivity index (χ0) is 23.7. The van der Waals surface area contributed by atoms with Gasteiger partial charge in [-0.2, -0.15) is 0 Å². The Balaban J connectivity index is 1.55. The molecule has 2 unspecified atom stereocenters. The number of hydrogen-bond acceptors (Lipinski definition) is 4. The molecule has 2 aliphatic carbocycles. The minimum atomic E-state index is -0.0954. The number of anilines is 2. The summed E-state index contributed by atoms with van der Waals surface area (Å²) in [5.41, 5.74) is 4.53. The first-order valence-corrected chi connectivity index (χ1v) is 12.5. The smallest absolute Gasteiger partial charge is 0.196 e. The van der Waals surface area contributed by atoms with E-state index in [0.717, 1.165) is 11.3 Å². The van der Waals surface area contributed by atoms with Crippen molar-refractivity contribution in [3.8, 4) is 0 Å². The molecule has 0 amide bonds. The summed E-state index contributed by atoms with van der Waals surface area (Å²) in [7, 11) is 0. The summed E-state index contributed by atoms with van der Waals surface area (Å²) in [6.45, 7) is 4.27. The Hall–Kier alpha value is -3.40. The van der Waals surface area contributed by atoms with E-state index in [-0.39, 0.29) is 23.7 Å². The lowest BCUT2D eigenvalue weighted by atomic mass is 9.81. The standard InChI is InChI=1S/C30H32N2O2/c1-19(21-11-5-3-6-12-21)31-25-17-18-26(32-20(2)22-13-7-4-8-14-22)28-27(25)29(33)23-15-9-10-16-24(23)30(28)34/h3,5-6,9-12,15-20,22,31-32H,4,7-8,13-14H2,1-2H3. The van der Waals surface area contributed by atoms with Crippen LogP contribution in [0.3, 0.4) is 0 Å². The van der Waals surface area contributed by atoms with Crippen molar-refractivity contribution in [1.82, 2.24) is 0 Å². The number of carbonyl (C=O) groups excluding carboxylic acids is 2. The topological polar surface area (TPSA) is 58.2 Å². The van der Waals surface area contributed by atoms with Crippen LogP contribution in [0.25, 0.3) is 0 Å². The normalized spacial score (nSPS) is 17.5. The Labute approximate surface area is 201 Å². The van der Waals surface area contributed by atoms with Gasteiger partial charge >= 0.3 is 0 Å². The van der Waals surface area contributed by atoms with Crippen molar-refractivity contribution in [1.29, 1.82) is 0 Å². The van der Waals surface area contributed by atoms with Crippen LogP contribution >= 0.6 is 0 Å². The Morgan fingerprint density at radius 1 is 0.676 bits per heavy atom. The van der Waals surface area contributed by atoms with Gasteiger partial charge in [-0.3, -0.25) is 9.59 Å². The van der Waals surface area contributed by atoms with Gasteiger partial charge in [0.05, 0.1) is 11.1 Å². The number of fused-ring (bicyclic) bond motifs is 2. The van der Waals surface area contributed by atoms with Crippen LogP contribution in [0, 0.1) is 5.92 Å². The maximum atomic E-state index is 13.7. The highest BCUT2D eigenvalue weighted by Gasteiger charge is 2.34. The average Bonchev–Trinajstić information content (AvgIpc) is 2.89. The zero-order valence-corrected chi connectivity index (χ0v) is 19.9. The summed E-state index contributed by atoms with van der Waals surface area (Å²) >= 11 is 0. The molecular formula is C30H32N2O2. The molecule has 0 saturated heterocycles. The van der Waals surface area contributed by atoms with E-state index in [1.807, 2.05) is 42.5 Å². The molecule has 4 heteroatoms. The summed E-state index contributed by atoms with van der Waals surface area (Å²) in [5, 5.41) is 7.14. The molecule has 0 radical (unpaired) electrons. The van der Waals surface area contributed by atoms with E-state index >= 15 is 0 Å². The van der Waals surface area contributed by atoms with Crippen molar-refractivity contribution in [3.05, 3.63) is 94.5 Å². The maximum Gasteiger partial charge on any atom is 0.196 e. The van der Waals surface area contributed by atoms with Gasteiger partial charge in [0, 0.05) is 34.6 Å². The highest BCUT2D eigenvalue weighted by Crippen LogP contribution is 2.39. The molecule has 1 saturated carbocycles. The highest BCUT2D eigenvalue weighted by molar-refractivity contribution is 6.31. The number of ketones is 2. The Morgan fingerprint density at radius 3 is 1.79 bits per heavy atom. The van der Waals surface area contributed by atoms with Crippen LogP contribution in [0.15, 0.2) is 66.7 Å². The monoisotopic (exact) mass is 452 g/mol. The van der Waals surface area contributed by atoms with Gasteiger partial charge in [-0.05, 0) is 50.3 Å². The number of rotatable bonds is 6. The van der Waals surface area contributed by atoms with Gasteiger partial charge in [0.25, 0.3) is 0 Å². The molecule has 0 aromatic heterocycles. The van der Waals surface area contributed by atoms with Crippen LogP contribution in [0.4, 0.5) is 11.4 Å². The van der Waals surface area contributed by atoms with E-state index < -0.39 is 0 Å². The van der Waals surface area contributed by atoms with Crippen LogP contribution in [-0.4, -0.2) is 17.6 Å². The molecule has 2 aliphatic rings. The molecule has 5 rings (SSSR count). The van der Waals surface area contributed by atoms with Crippen molar-refractivity contribution in [2.24, 2.45) is 5.92 Å². The van der Waals surface area contributed by atoms with Gasteiger partial charge in [-0.1, -0.05) is 73.9 Å². The summed E-state index contributed by atoms with van der Waals surface area (Å²) < 4.78 is 0. The van der Waals surface area contributed by atoms with Crippen molar-refractivity contribution >= 4 is 22.9 Å². The zero-order valence-electron chi connectivity index (χ0n) is 19.9. The van der Waals surface area contributed by atoms with Gasteiger partial charge in [0.1, 0.15) is 0 Å². The van der Waals surface area contributed by atoms with E-state index in [1.165, 1.54) is 32.1 Å². The highest BCUT2D eigenvalue weighted by atomic mass is 16.1. The van der Waals surface area contributed by atoms with Crippen LogP contribution < -0.4 is 10.6 Å². The second kappa shape index (κ2) is 9.46. The fourth-order valence-electron chi connectivity index (χ4n) is 5.52. The molecule has 3 aromatic rings. The molecule has 3 aromatic carbocycles. The van der Waals surface area contributed by atoms with Gasteiger partial charge in [-0.25, -0.2) is 0 Å². The lowest BCUT2D eigenvalue weighted by Crippen LogP contribution is -2.30. The van der Waals surface area contributed by atoms with Gasteiger partial charge < -0.3 is 10.6 Å². The summed E-state index contributed by atoms with van der Waals surface area (Å²) in [4.78, 5) is 27.4. The summed E-state index contributed by atoms with van der Waals surface area (Å²) in [6, 6.07) is 21.5. The first-order valence-electron chi connectivity index (χ1n) is 12.5. The van der Waals surface area contributed by atoms with E-state index in [0.29, 0.717) is 33.9 Å². The molecule has 2 N–H and O–H groups in total. The fourth-order valence-corrected chi connectivity index (χ4v) is 5.52. The maximum absolute atomic E-state index is 13.7. The average molecular weight is 453 g/mol. The Kier molecular flexibility index (Phi) is 6.23. The molecule has 0 spiro atoms. The SMILES string of the molecule is CC(Nc1ccc(NC(C)C2CCCCC2)c2c1C(=O)c1ccccc1C2=O)c1ccccc1. The van der Waals surface area contributed by atoms with E-state index in [9.17, 15) is 9.59 Å². The molecule has 0 heterocycles. The summed E-state index contributed by atoms with van der Waals surface area (Å²) in [6.07, 6.45) is 6.25. The third-order valence-electron chi connectivity index (χ3n) is 7.49. The van der Waals surface area contributed by atoms with Gasteiger partial charge in [0.2, 0.25) is 0 Å². The van der Waals surface area contributed by atoms with E-state index in [4.69, 9.17) is 0 Å². The quantitative estimate of drug-likeness (QED) is 0.330. The third-order valence-corrected chi connectivity index (χ3v) is 7.49. The predicted molar refractivity (Wildman–Crippen MR) is 138 cm³/mol. The Bertz CT molecular complexity index is 1210. The first kappa shape index (κ1) is 22.4. The molecule has 2 atom stereocenters. The largest absolute Gasteiger partial charge is 0.382 e. The van der Waals surface area contributed by atoms with Crippen LogP contribution in [-0.2, 0) is 0 Å². The fraction of sp³-hybridized carbons (Fsp3) is 0.333. The second-order valence-electron chi connectivity index (χ2n) is 9.72. The van der Waals surface area contributed by atoms with E-state index in [1.54, 1.807) is 12.1 Å². The first-order chi connectivity index (χ1) is 16.5. The van der Waals surface area contributed by atoms with Crippen molar-refractivity contribution in [2.45, 2.75) is 58.0 Å². The molecule has 1 fully saturated rings. The van der Waals surface area contributed by atoms with Crippen molar-refractivity contribution in [2.75, 3.05) is 10.6 Å².